The van der Waals surface area contributed by atoms with Crippen molar-refractivity contribution in [3.05, 3.63) is 0 Å². The summed E-state index contributed by atoms with van der Waals surface area (Å²) < 4.78 is 0. The maximum Gasteiger partial charge on any atom is 0.0870 e. The fourth-order valence-electron chi connectivity index (χ4n) is 2.33. The van der Waals surface area contributed by atoms with Gasteiger partial charge in [0, 0.05) is 6.54 Å². The molecule has 1 aliphatic heterocycles. The molecule has 0 saturated carbocycles. The van der Waals surface area contributed by atoms with Gasteiger partial charge in [-0.1, -0.05) is 19.1 Å². The molecule has 1 aliphatic rings. The molecule has 1 rings (SSSR count). The Morgan fingerprint density at radius 1 is 1.31 bits per heavy atom. The minimum absolute atomic E-state index is 0.620. The molecular weight excluding hydrogens is 218 g/mol. The van der Waals surface area contributed by atoms with Crippen LogP contribution in [0.5, 0.6) is 0 Å². The van der Waals surface area contributed by atoms with Crippen LogP contribution in [0.1, 0.15) is 32.6 Å². The Hall–Kier alpha value is -0.190. The summed E-state index contributed by atoms with van der Waals surface area (Å²) in [4.78, 5) is 5.55. The van der Waals surface area contributed by atoms with E-state index in [0.29, 0.717) is 4.99 Å². The molecule has 0 spiro atoms. The molecule has 16 heavy (non-hydrogen) atoms. The second-order valence-corrected chi connectivity index (χ2v) is 5.17. The molecule has 4 heteroatoms. The second kappa shape index (κ2) is 7.98. The van der Waals surface area contributed by atoms with Gasteiger partial charge in [0.2, 0.25) is 0 Å². The van der Waals surface area contributed by atoms with Gasteiger partial charge in [-0.05, 0) is 58.4 Å². The third kappa shape index (κ3) is 5.77. The molecule has 94 valence electrons. The molecule has 0 aromatic rings. The molecule has 2 N–H and O–H groups in total. The lowest BCUT2D eigenvalue weighted by Gasteiger charge is -2.22. The highest BCUT2D eigenvalue weighted by Crippen LogP contribution is 2.07. The molecule has 0 aromatic heterocycles. The zero-order chi connectivity index (χ0) is 11.8. The Morgan fingerprint density at radius 2 is 2.00 bits per heavy atom. The Labute approximate surface area is 105 Å². The third-order valence-electron chi connectivity index (χ3n) is 3.07. The fraction of sp³-hybridized carbons (Fsp3) is 0.917. The quantitative estimate of drug-likeness (QED) is 0.654. The normalized spacial score (nSPS) is 17.1. The lowest BCUT2D eigenvalue weighted by atomic mass is 10.3. The van der Waals surface area contributed by atoms with E-state index < -0.39 is 0 Å². The van der Waals surface area contributed by atoms with Gasteiger partial charge in [0.15, 0.2) is 0 Å². The summed E-state index contributed by atoms with van der Waals surface area (Å²) in [6, 6.07) is 0. The highest BCUT2D eigenvalue weighted by molar-refractivity contribution is 7.80. The standard InChI is InChI=1S/C12H25N3S/c1-2-6-15(11-12(13)16)10-5-9-14-7-3-4-8-14/h2-11H2,1H3,(H2,13,16). The first kappa shape index (κ1) is 13.9. The smallest absolute Gasteiger partial charge is 0.0870 e. The minimum Gasteiger partial charge on any atom is -0.392 e. The van der Waals surface area contributed by atoms with Crippen LogP contribution in [-0.4, -0.2) is 54.1 Å². The largest absolute Gasteiger partial charge is 0.392 e. The molecule has 0 atom stereocenters. The van der Waals surface area contributed by atoms with Gasteiger partial charge in [0.1, 0.15) is 0 Å². The van der Waals surface area contributed by atoms with E-state index in [-0.39, 0.29) is 0 Å². The lowest BCUT2D eigenvalue weighted by Crippen LogP contribution is -2.35. The maximum atomic E-state index is 5.60. The zero-order valence-corrected chi connectivity index (χ0v) is 11.3. The van der Waals surface area contributed by atoms with E-state index in [9.17, 15) is 0 Å². The van der Waals surface area contributed by atoms with E-state index in [0.717, 1.165) is 19.6 Å². The SMILES string of the molecule is CCCN(CCCN1CCCC1)CC(N)=S. The Bertz CT molecular complexity index is 202. The van der Waals surface area contributed by atoms with Crippen LogP contribution in [0.2, 0.25) is 0 Å². The summed E-state index contributed by atoms with van der Waals surface area (Å²) in [5, 5.41) is 0. The molecular formula is C12H25N3S. The monoisotopic (exact) mass is 243 g/mol. The molecule has 0 amide bonds. The van der Waals surface area contributed by atoms with Crippen LogP contribution in [0.3, 0.4) is 0 Å². The molecule has 0 radical (unpaired) electrons. The van der Waals surface area contributed by atoms with Crippen molar-refractivity contribution in [2.24, 2.45) is 5.73 Å². The van der Waals surface area contributed by atoms with Gasteiger partial charge >= 0.3 is 0 Å². The highest BCUT2D eigenvalue weighted by atomic mass is 32.1. The van der Waals surface area contributed by atoms with E-state index in [1.165, 1.54) is 45.3 Å². The number of likely N-dealkylation sites (tertiary alicyclic amines) is 1. The van der Waals surface area contributed by atoms with Crippen LogP contribution in [0, 0.1) is 0 Å². The van der Waals surface area contributed by atoms with Crippen LogP contribution in [-0.2, 0) is 0 Å². The first-order valence-corrected chi connectivity index (χ1v) is 6.86. The number of nitrogens with zero attached hydrogens (tertiary/aromatic N) is 2. The Kier molecular flexibility index (Phi) is 6.92. The van der Waals surface area contributed by atoms with Gasteiger partial charge in [0.05, 0.1) is 4.99 Å². The van der Waals surface area contributed by atoms with Crippen molar-refractivity contribution in [2.75, 3.05) is 39.3 Å². The topological polar surface area (TPSA) is 32.5 Å². The summed E-state index contributed by atoms with van der Waals surface area (Å²) in [6.07, 6.45) is 5.17. The van der Waals surface area contributed by atoms with Gasteiger partial charge in [-0.25, -0.2) is 0 Å². The van der Waals surface area contributed by atoms with Crippen LogP contribution in [0.25, 0.3) is 0 Å². The van der Waals surface area contributed by atoms with Gasteiger partial charge in [0.25, 0.3) is 0 Å². The molecule has 0 aromatic carbocycles. The lowest BCUT2D eigenvalue weighted by molar-refractivity contribution is 0.268. The van der Waals surface area contributed by atoms with Gasteiger partial charge < -0.3 is 10.6 Å². The Morgan fingerprint density at radius 3 is 2.56 bits per heavy atom. The molecule has 3 nitrogen and oxygen atoms in total. The zero-order valence-electron chi connectivity index (χ0n) is 10.5. The van der Waals surface area contributed by atoms with E-state index in [4.69, 9.17) is 18.0 Å². The van der Waals surface area contributed by atoms with Crippen molar-refractivity contribution >= 4 is 17.2 Å². The van der Waals surface area contributed by atoms with Crippen LogP contribution < -0.4 is 5.73 Å². The van der Waals surface area contributed by atoms with E-state index in [1.54, 1.807) is 0 Å². The van der Waals surface area contributed by atoms with Crippen molar-refractivity contribution in [3.63, 3.8) is 0 Å². The maximum absolute atomic E-state index is 5.60. The summed E-state index contributed by atoms with van der Waals surface area (Å²) >= 11 is 4.97. The number of nitrogens with two attached hydrogens (primary N) is 1. The number of hydrogen-bond donors (Lipinski definition) is 1. The molecule has 1 fully saturated rings. The van der Waals surface area contributed by atoms with Gasteiger partial charge in [-0.3, -0.25) is 4.90 Å². The van der Waals surface area contributed by atoms with Gasteiger partial charge in [-0.15, -0.1) is 0 Å². The first-order valence-electron chi connectivity index (χ1n) is 6.45. The van der Waals surface area contributed by atoms with Gasteiger partial charge in [-0.2, -0.15) is 0 Å². The average Bonchev–Trinajstić information content (AvgIpc) is 2.70. The summed E-state index contributed by atoms with van der Waals surface area (Å²) in [5.41, 5.74) is 5.60. The fourth-order valence-corrected chi connectivity index (χ4v) is 2.51. The van der Waals surface area contributed by atoms with E-state index >= 15 is 0 Å². The highest BCUT2D eigenvalue weighted by Gasteiger charge is 2.11. The average molecular weight is 243 g/mol. The summed E-state index contributed by atoms with van der Waals surface area (Å²) in [6.45, 7) is 9.04. The van der Waals surface area contributed by atoms with Crippen molar-refractivity contribution < 1.29 is 0 Å². The second-order valence-electron chi connectivity index (χ2n) is 4.64. The predicted molar refractivity (Wildman–Crippen MR) is 73.8 cm³/mol. The minimum atomic E-state index is 0.620. The molecule has 0 aliphatic carbocycles. The van der Waals surface area contributed by atoms with Crippen LogP contribution in [0.15, 0.2) is 0 Å². The van der Waals surface area contributed by atoms with Crippen molar-refractivity contribution in [3.8, 4) is 0 Å². The molecule has 1 heterocycles. The number of rotatable bonds is 8. The molecule has 1 saturated heterocycles. The van der Waals surface area contributed by atoms with Crippen LogP contribution >= 0.6 is 12.2 Å². The van der Waals surface area contributed by atoms with E-state index in [1.807, 2.05) is 0 Å². The van der Waals surface area contributed by atoms with E-state index in [2.05, 4.69) is 16.7 Å². The van der Waals surface area contributed by atoms with Crippen LogP contribution in [0.4, 0.5) is 0 Å². The molecule has 0 unspecified atom stereocenters. The number of thiocarbonyl (C=S) groups is 1. The van der Waals surface area contributed by atoms with Crippen molar-refractivity contribution in [2.45, 2.75) is 32.6 Å². The summed E-state index contributed by atoms with van der Waals surface area (Å²) in [5.74, 6) is 0. The van der Waals surface area contributed by atoms with Crippen molar-refractivity contribution in [1.82, 2.24) is 9.80 Å². The van der Waals surface area contributed by atoms with Crippen molar-refractivity contribution in [1.29, 1.82) is 0 Å². The first-order chi connectivity index (χ1) is 7.72. The summed E-state index contributed by atoms with van der Waals surface area (Å²) in [7, 11) is 0. The third-order valence-corrected chi connectivity index (χ3v) is 3.20. The predicted octanol–water partition coefficient (Wildman–Crippen LogP) is 1.47. The Balaban J connectivity index is 2.12. The number of hydrogen-bond acceptors (Lipinski definition) is 3. The molecule has 0 bridgehead atoms.